The zero-order valence-electron chi connectivity index (χ0n) is 9.97. The van der Waals surface area contributed by atoms with Gasteiger partial charge in [-0.3, -0.25) is 4.90 Å². The second-order valence-electron chi connectivity index (χ2n) is 4.19. The third-order valence-electron chi connectivity index (χ3n) is 2.92. The molecule has 1 atom stereocenters. The number of nitrogens with zero attached hydrogens (tertiary/aromatic N) is 1. The third-order valence-corrected chi connectivity index (χ3v) is 2.92. The van der Waals surface area contributed by atoms with Crippen LogP contribution in [0, 0.1) is 0 Å². The molecule has 1 aromatic rings. The molecule has 1 aliphatic heterocycles. The molecule has 0 bridgehead atoms. The third kappa shape index (κ3) is 4.12. The first-order valence-electron chi connectivity index (χ1n) is 6.08. The molecule has 2 heterocycles. The molecule has 0 saturated carbocycles. The Morgan fingerprint density at radius 1 is 1.41 bits per heavy atom. The van der Waals surface area contributed by atoms with Gasteiger partial charge in [0, 0.05) is 32.7 Å². The molecular formula is C12H20N2O3. The zero-order valence-corrected chi connectivity index (χ0v) is 9.97. The second kappa shape index (κ2) is 6.76. The van der Waals surface area contributed by atoms with E-state index in [1.165, 1.54) is 0 Å². The molecule has 1 aromatic heterocycles. The van der Waals surface area contributed by atoms with E-state index in [0.29, 0.717) is 12.3 Å². The van der Waals surface area contributed by atoms with Gasteiger partial charge in [-0.05, 0) is 12.1 Å². The number of furan rings is 1. The first-order chi connectivity index (χ1) is 8.36. The molecule has 1 aliphatic rings. The highest BCUT2D eigenvalue weighted by atomic mass is 16.5. The average Bonchev–Trinajstić information content (AvgIpc) is 2.89. The first kappa shape index (κ1) is 12.6. The molecule has 96 valence electrons. The summed E-state index contributed by atoms with van der Waals surface area (Å²) in [6.45, 7) is 6.05. The Morgan fingerprint density at radius 3 is 2.94 bits per heavy atom. The highest BCUT2D eigenvalue weighted by Crippen LogP contribution is 2.11. The lowest BCUT2D eigenvalue weighted by Crippen LogP contribution is -2.40. The number of aliphatic hydroxyl groups is 1. The van der Waals surface area contributed by atoms with Crippen molar-refractivity contribution in [2.75, 3.05) is 45.9 Å². The standard InChI is InChI=1S/C12H20N2O3/c15-11(12-2-1-7-17-12)10-13-3-4-14-5-8-16-9-6-14/h1-2,7,11,13,15H,3-6,8-10H2. The number of rotatable bonds is 6. The highest BCUT2D eigenvalue weighted by molar-refractivity contribution is 5.02. The van der Waals surface area contributed by atoms with Crippen LogP contribution in [0.4, 0.5) is 0 Å². The van der Waals surface area contributed by atoms with Crippen molar-refractivity contribution in [1.82, 2.24) is 10.2 Å². The molecule has 17 heavy (non-hydrogen) atoms. The lowest BCUT2D eigenvalue weighted by atomic mass is 10.3. The van der Waals surface area contributed by atoms with Gasteiger partial charge < -0.3 is 19.6 Å². The van der Waals surface area contributed by atoms with Crippen molar-refractivity contribution in [3.63, 3.8) is 0 Å². The van der Waals surface area contributed by atoms with Gasteiger partial charge in [-0.1, -0.05) is 0 Å². The summed E-state index contributed by atoms with van der Waals surface area (Å²) < 4.78 is 10.4. The summed E-state index contributed by atoms with van der Waals surface area (Å²) in [5, 5.41) is 13.0. The summed E-state index contributed by atoms with van der Waals surface area (Å²) in [5.41, 5.74) is 0. The normalized spacial score (nSPS) is 19.4. The minimum absolute atomic E-state index is 0.526. The summed E-state index contributed by atoms with van der Waals surface area (Å²) in [6, 6.07) is 3.57. The van der Waals surface area contributed by atoms with Crippen LogP contribution in [0.3, 0.4) is 0 Å². The fourth-order valence-electron chi connectivity index (χ4n) is 1.88. The number of morpholine rings is 1. The average molecular weight is 240 g/mol. The fraction of sp³-hybridized carbons (Fsp3) is 0.667. The van der Waals surface area contributed by atoms with Crippen molar-refractivity contribution >= 4 is 0 Å². The summed E-state index contributed by atoms with van der Waals surface area (Å²) in [4.78, 5) is 2.36. The van der Waals surface area contributed by atoms with Crippen molar-refractivity contribution in [2.45, 2.75) is 6.10 Å². The minimum Gasteiger partial charge on any atom is -0.467 e. The van der Waals surface area contributed by atoms with E-state index in [-0.39, 0.29) is 0 Å². The Morgan fingerprint density at radius 2 is 2.24 bits per heavy atom. The molecule has 0 spiro atoms. The van der Waals surface area contributed by atoms with E-state index in [4.69, 9.17) is 9.15 Å². The Kier molecular flexibility index (Phi) is 5.00. The van der Waals surface area contributed by atoms with E-state index in [1.54, 1.807) is 18.4 Å². The quantitative estimate of drug-likeness (QED) is 0.697. The molecule has 1 fully saturated rings. The summed E-state index contributed by atoms with van der Waals surface area (Å²) in [7, 11) is 0. The van der Waals surface area contributed by atoms with Gasteiger partial charge in [0.2, 0.25) is 0 Å². The van der Waals surface area contributed by atoms with Crippen molar-refractivity contribution in [3.05, 3.63) is 24.2 Å². The molecule has 1 unspecified atom stereocenters. The molecule has 5 nitrogen and oxygen atoms in total. The van der Waals surface area contributed by atoms with Gasteiger partial charge in [-0.15, -0.1) is 0 Å². The number of hydrogen-bond donors (Lipinski definition) is 2. The van der Waals surface area contributed by atoms with Crippen molar-refractivity contribution in [1.29, 1.82) is 0 Å². The number of ether oxygens (including phenoxy) is 1. The lowest BCUT2D eigenvalue weighted by Gasteiger charge is -2.26. The Hall–Kier alpha value is -0.880. The fourth-order valence-corrected chi connectivity index (χ4v) is 1.88. The number of hydrogen-bond acceptors (Lipinski definition) is 5. The van der Waals surface area contributed by atoms with Crippen LogP contribution in [0.1, 0.15) is 11.9 Å². The van der Waals surface area contributed by atoms with Gasteiger partial charge in [0.25, 0.3) is 0 Å². The monoisotopic (exact) mass is 240 g/mol. The van der Waals surface area contributed by atoms with Gasteiger partial charge in [-0.25, -0.2) is 0 Å². The molecular weight excluding hydrogens is 220 g/mol. The van der Waals surface area contributed by atoms with E-state index in [2.05, 4.69) is 10.2 Å². The molecule has 2 rings (SSSR count). The van der Waals surface area contributed by atoms with E-state index < -0.39 is 6.10 Å². The van der Waals surface area contributed by atoms with E-state index in [9.17, 15) is 5.11 Å². The summed E-state index contributed by atoms with van der Waals surface area (Å²) in [6.07, 6.45) is 1.02. The van der Waals surface area contributed by atoms with E-state index in [0.717, 1.165) is 39.4 Å². The van der Waals surface area contributed by atoms with Crippen LogP contribution in [0.2, 0.25) is 0 Å². The predicted molar refractivity (Wildman–Crippen MR) is 63.8 cm³/mol. The molecule has 0 radical (unpaired) electrons. The van der Waals surface area contributed by atoms with Crippen LogP contribution in [0.15, 0.2) is 22.8 Å². The van der Waals surface area contributed by atoms with Crippen LogP contribution < -0.4 is 5.32 Å². The topological polar surface area (TPSA) is 57.9 Å². The Balaban J connectivity index is 1.56. The maximum absolute atomic E-state index is 9.76. The van der Waals surface area contributed by atoms with Gasteiger partial charge in [-0.2, -0.15) is 0 Å². The van der Waals surface area contributed by atoms with Crippen LogP contribution in [-0.4, -0.2) is 55.9 Å². The zero-order chi connectivity index (χ0) is 11.9. The smallest absolute Gasteiger partial charge is 0.133 e. The lowest BCUT2D eigenvalue weighted by molar-refractivity contribution is 0.0379. The minimum atomic E-state index is -0.560. The highest BCUT2D eigenvalue weighted by Gasteiger charge is 2.11. The molecule has 1 saturated heterocycles. The molecule has 0 aromatic carbocycles. The van der Waals surface area contributed by atoms with E-state index >= 15 is 0 Å². The maximum Gasteiger partial charge on any atom is 0.133 e. The second-order valence-corrected chi connectivity index (χ2v) is 4.19. The van der Waals surface area contributed by atoms with Crippen molar-refractivity contribution in [3.8, 4) is 0 Å². The number of aliphatic hydroxyl groups excluding tert-OH is 1. The summed E-state index contributed by atoms with van der Waals surface area (Å²) >= 11 is 0. The molecule has 0 amide bonds. The SMILES string of the molecule is OC(CNCCN1CCOCC1)c1ccco1. The summed E-state index contributed by atoms with van der Waals surface area (Å²) in [5.74, 6) is 0.615. The van der Waals surface area contributed by atoms with Gasteiger partial charge in [0.1, 0.15) is 11.9 Å². The van der Waals surface area contributed by atoms with Crippen molar-refractivity contribution in [2.24, 2.45) is 0 Å². The van der Waals surface area contributed by atoms with Crippen molar-refractivity contribution < 1.29 is 14.3 Å². The molecule has 2 N–H and O–H groups in total. The molecule has 0 aliphatic carbocycles. The number of nitrogens with one attached hydrogen (secondary N) is 1. The van der Waals surface area contributed by atoms with Crippen LogP contribution >= 0.6 is 0 Å². The Bertz CT molecular complexity index is 297. The van der Waals surface area contributed by atoms with Crippen LogP contribution in [-0.2, 0) is 4.74 Å². The van der Waals surface area contributed by atoms with Gasteiger partial charge >= 0.3 is 0 Å². The molecule has 5 heteroatoms. The maximum atomic E-state index is 9.76. The van der Waals surface area contributed by atoms with E-state index in [1.807, 2.05) is 0 Å². The first-order valence-corrected chi connectivity index (χ1v) is 6.08. The van der Waals surface area contributed by atoms with Crippen LogP contribution in [0.5, 0.6) is 0 Å². The largest absolute Gasteiger partial charge is 0.467 e. The van der Waals surface area contributed by atoms with Crippen LogP contribution in [0.25, 0.3) is 0 Å². The van der Waals surface area contributed by atoms with Gasteiger partial charge in [0.05, 0.1) is 19.5 Å². The Labute approximate surface area is 101 Å². The predicted octanol–water partition coefficient (Wildman–Crippen LogP) is 0.235. The van der Waals surface area contributed by atoms with Gasteiger partial charge in [0.15, 0.2) is 0 Å².